The first kappa shape index (κ1) is 16.5. The Morgan fingerprint density at radius 2 is 2.00 bits per heavy atom. The third-order valence-electron chi connectivity index (χ3n) is 4.12. The number of sulfonamides is 1. The Hall–Kier alpha value is -0.850. The van der Waals surface area contributed by atoms with Gasteiger partial charge in [0.1, 0.15) is 0 Å². The molecule has 5 nitrogen and oxygen atoms in total. The van der Waals surface area contributed by atoms with E-state index >= 15 is 0 Å². The van der Waals surface area contributed by atoms with Crippen molar-refractivity contribution in [3.8, 4) is 0 Å². The van der Waals surface area contributed by atoms with Gasteiger partial charge in [0, 0.05) is 38.1 Å². The third kappa shape index (κ3) is 4.56. The Labute approximate surface area is 128 Å². The molecule has 0 radical (unpaired) electrons. The monoisotopic (exact) mass is 313 g/mol. The summed E-state index contributed by atoms with van der Waals surface area (Å²) in [4.78, 5) is 0.364. The van der Waals surface area contributed by atoms with Crippen LogP contribution in [0.2, 0.25) is 0 Å². The maximum absolute atomic E-state index is 12.3. The molecule has 1 heterocycles. The molecule has 21 heavy (non-hydrogen) atoms. The third-order valence-corrected chi connectivity index (χ3v) is 5.51. The molecule has 0 atom stereocenters. The minimum Gasteiger partial charge on any atom is -0.352 e. The molecule has 1 aromatic heterocycles. The fraction of sp³-hybridized carbons (Fsp3) is 0.733. The molecule has 6 heteroatoms. The van der Waals surface area contributed by atoms with E-state index in [9.17, 15) is 8.42 Å². The van der Waals surface area contributed by atoms with Gasteiger partial charge in [-0.2, -0.15) is 0 Å². The lowest BCUT2D eigenvalue weighted by Crippen LogP contribution is -2.28. The minimum atomic E-state index is -3.39. The van der Waals surface area contributed by atoms with Crippen molar-refractivity contribution < 1.29 is 8.42 Å². The van der Waals surface area contributed by atoms with Gasteiger partial charge >= 0.3 is 0 Å². The van der Waals surface area contributed by atoms with Gasteiger partial charge in [0.05, 0.1) is 4.90 Å². The molecule has 0 amide bonds. The Morgan fingerprint density at radius 3 is 2.62 bits per heavy atom. The molecular formula is C15H27N3O2S. The zero-order valence-electron chi connectivity index (χ0n) is 13.2. The smallest absolute Gasteiger partial charge is 0.242 e. The molecule has 0 unspecified atom stereocenters. The van der Waals surface area contributed by atoms with E-state index in [4.69, 9.17) is 0 Å². The van der Waals surface area contributed by atoms with Crippen LogP contribution in [-0.2, 0) is 23.6 Å². The average molecular weight is 313 g/mol. The number of nitrogens with zero attached hydrogens (tertiary/aromatic N) is 1. The van der Waals surface area contributed by atoms with Crippen LogP contribution in [0, 0.1) is 5.92 Å². The van der Waals surface area contributed by atoms with Gasteiger partial charge in [-0.1, -0.05) is 26.7 Å². The van der Waals surface area contributed by atoms with Crippen molar-refractivity contribution in [3.63, 3.8) is 0 Å². The molecule has 1 saturated carbocycles. The van der Waals surface area contributed by atoms with Gasteiger partial charge in [-0.25, -0.2) is 13.1 Å². The van der Waals surface area contributed by atoms with Gasteiger partial charge in [-0.3, -0.25) is 0 Å². The SMILES string of the molecule is CC(C)NCc1cc(S(=O)(=O)NCC2CCCC2)cn1C. The highest BCUT2D eigenvalue weighted by Gasteiger charge is 2.21. The van der Waals surface area contributed by atoms with Gasteiger partial charge < -0.3 is 9.88 Å². The molecule has 0 aliphatic heterocycles. The molecule has 2 rings (SSSR count). The van der Waals surface area contributed by atoms with Crippen molar-refractivity contribution in [2.45, 2.75) is 57.0 Å². The highest BCUT2D eigenvalue weighted by atomic mass is 32.2. The van der Waals surface area contributed by atoms with Crippen LogP contribution in [-0.4, -0.2) is 25.6 Å². The van der Waals surface area contributed by atoms with Crippen LogP contribution in [0.5, 0.6) is 0 Å². The van der Waals surface area contributed by atoms with Gasteiger partial charge in [-0.15, -0.1) is 0 Å². The number of aromatic nitrogens is 1. The molecule has 1 aromatic rings. The summed E-state index contributed by atoms with van der Waals surface area (Å²) in [6.45, 7) is 5.39. The first-order valence-electron chi connectivity index (χ1n) is 7.77. The normalized spacial score (nSPS) is 17.0. The Bertz CT molecular complexity index is 557. The summed E-state index contributed by atoms with van der Waals surface area (Å²) in [6.07, 6.45) is 6.42. The molecule has 120 valence electrons. The number of hydrogen-bond acceptors (Lipinski definition) is 3. The summed E-state index contributed by atoms with van der Waals surface area (Å²) >= 11 is 0. The zero-order valence-corrected chi connectivity index (χ0v) is 14.0. The largest absolute Gasteiger partial charge is 0.352 e. The quantitative estimate of drug-likeness (QED) is 0.809. The van der Waals surface area contributed by atoms with Crippen LogP contribution in [0.4, 0.5) is 0 Å². The van der Waals surface area contributed by atoms with Crippen molar-refractivity contribution in [3.05, 3.63) is 18.0 Å². The Morgan fingerprint density at radius 1 is 1.33 bits per heavy atom. The lowest BCUT2D eigenvalue weighted by molar-refractivity contribution is 0.519. The summed E-state index contributed by atoms with van der Waals surface area (Å²) in [5.41, 5.74) is 0.977. The Kier molecular flexibility index (Phi) is 5.46. The van der Waals surface area contributed by atoms with Crippen molar-refractivity contribution in [2.75, 3.05) is 6.54 Å². The standard InChI is InChI=1S/C15H27N3O2S/c1-12(2)16-10-14-8-15(11-18(14)3)21(19,20)17-9-13-6-4-5-7-13/h8,11-13,16-17H,4-7,9-10H2,1-3H3. The second-order valence-electron chi connectivity index (χ2n) is 6.32. The first-order valence-corrected chi connectivity index (χ1v) is 9.25. The predicted molar refractivity (Wildman–Crippen MR) is 84.5 cm³/mol. The van der Waals surface area contributed by atoms with Crippen LogP contribution in [0.1, 0.15) is 45.2 Å². The van der Waals surface area contributed by atoms with E-state index in [1.807, 2.05) is 11.6 Å². The maximum Gasteiger partial charge on any atom is 0.242 e. The van der Waals surface area contributed by atoms with Crippen molar-refractivity contribution >= 4 is 10.0 Å². The molecule has 1 aliphatic rings. The van der Waals surface area contributed by atoms with Gasteiger partial charge in [-0.05, 0) is 24.8 Å². The number of aryl methyl sites for hydroxylation is 1. The van der Waals surface area contributed by atoms with Crippen molar-refractivity contribution in [1.29, 1.82) is 0 Å². The molecule has 0 spiro atoms. The van der Waals surface area contributed by atoms with Crippen LogP contribution in [0.15, 0.2) is 17.2 Å². The number of nitrogens with one attached hydrogen (secondary N) is 2. The first-order chi connectivity index (χ1) is 9.88. The van der Waals surface area contributed by atoms with E-state index in [0.29, 0.717) is 29.9 Å². The van der Waals surface area contributed by atoms with E-state index < -0.39 is 10.0 Å². The molecule has 2 N–H and O–H groups in total. The van der Waals surface area contributed by atoms with E-state index in [1.54, 1.807) is 12.3 Å². The fourth-order valence-electron chi connectivity index (χ4n) is 2.73. The zero-order chi connectivity index (χ0) is 15.5. The molecule has 0 bridgehead atoms. The van der Waals surface area contributed by atoms with E-state index in [-0.39, 0.29) is 0 Å². The summed E-state index contributed by atoms with van der Waals surface area (Å²) in [5.74, 6) is 0.505. The number of hydrogen-bond donors (Lipinski definition) is 2. The highest BCUT2D eigenvalue weighted by molar-refractivity contribution is 7.89. The van der Waals surface area contributed by atoms with Crippen LogP contribution in [0.25, 0.3) is 0 Å². The summed E-state index contributed by atoms with van der Waals surface area (Å²) < 4.78 is 29.3. The van der Waals surface area contributed by atoms with Gasteiger partial charge in [0.2, 0.25) is 10.0 Å². The maximum atomic E-state index is 12.3. The summed E-state index contributed by atoms with van der Waals surface area (Å²) in [7, 11) is -1.50. The van der Waals surface area contributed by atoms with Gasteiger partial charge in [0.25, 0.3) is 0 Å². The minimum absolute atomic E-state index is 0.364. The Balaban J connectivity index is 2.00. The van der Waals surface area contributed by atoms with Crippen LogP contribution < -0.4 is 10.0 Å². The lowest BCUT2D eigenvalue weighted by atomic mass is 10.1. The molecule has 1 fully saturated rings. The summed E-state index contributed by atoms with van der Waals surface area (Å²) in [6, 6.07) is 2.13. The molecular weight excluding hydrogens is 286 g/mol. The second-order valence-corrected chi connectivity index (χ2v) is 8.08. The van der Waals surface area contributed by atoms with Crippen molar-refractivity contribution in [1.82, 2.24) is 14.6 Å². The lowest BCUT2D eigenvalue weighted by Gasteiger charge is -2.10. The van der Waals surface area contributed by atoms with Crippen LogP contribution in [0.3, 0.4) is 0 Å². The summed E-state index contributed by atoms with van der Waals surface area (Å²) in [5, 5.41) is 3.31. The number of rotatable bonds is 7. The average Bonchev–Trinajstić information content (AvgIpc) is 3.04. The topological polar surface area (TPSA) is 63.1 Å². The highest BCUT2D eigenvalue weighted by Crippen LogP contribution is 2.24. The molecule has 1 aliphatic carbocycles. The van der Waals surface area contributed by atoms with Gasteiger partial charge in [0.15, 0.2) is 0 Å². The van der Waals surface area contributed by atoms with E-state index in [1.165, 1.54) is 12.8 Å². The second kappa shape index (κ2) is 6.94. The van der Waals surface area contributed by atoms with E-state index in [0.717, 1.165) is 18.5 Å². The van der Waals surface area contributed by atoms with Crippen molar-refractivity contribution in [2.24, 2.45) is 13.0 Å². The fourth-order valence-corrected chi connectivity index (χ4v) is 3.94. The predicted octanol–water partition coefficient (Wildman–Crippen LogP) is 1.99. The van der Waals surface area contributed by atoms with Crippen LogP contribution >= 0.6 is 0 Å². The molecule has 0 saturated heterocycles. The van der Waals surface area contributed by atoms with E-state index in [2.05, 4.69) is 23.9 Å². The molecule has 0 aromatic carbocycles.